The Balaban J connectivity index is 2.10. The third kappa shape index (κ3) is 4.33. The van der Waals surface area contributed by atoms with Crippen molar-refractivity contribution in [3.05, 3.63) is 35.9 Å². The van der Waals surface area contributed by atoms with Crippen LogP contribution in [-0.2, 0) is 6.54 Å². The van der Waals surface area contributed by atoms with Gasteiger partial charge < -0.3 is 15.2 Å². The first-order chi connectivity index (χ1) is 10.1. The van der Waals surface area contributed by atoms with E-state index in [0.717, 1.165) is 16.5 Å². The Kier molecular flexibility index (Phi) is 5.45. The predicted molar refractivity (Wildman–Crippen MR) is 89.0 cm³/mol. The molecule has 0 aliphatic rings. The fourth-order valence-electron chi connectivity index (χ4n) is 2.27. The van der Waals surface area contributed by atoms with E-state index in [9.17, 15) is 5.11 Å². The number of hydrogen-bond donors (Lipinski definition) is 2. The molecule has 0 fully saturated rings. The maximum atomic E-state index is 10.2. The highest BCUT2D eigenvalue weighted by Crippen LogP contribution is 2.22. The number of nitrogens with zero attached hydrogens (tertiary/aromatic N) is 1. The molecule has 1 aromatic carbocycles. The second-order valence-electron chi connectivity index (χ2n) is 5.38. The monoisotopic (exact) mass is 306 g/mol. The predicted octanol–water partition coefficient (Wildman–Crippen LogP) is 2.45. The van der Waals surface area contributed by atoms with Gasteiger partial charge in [0.2, 0.25) is 5.88 Å². The largest absolute Gasteiger partial charge is 0.481 e. The first kappa shape index (κ1) is 16.1. The summed E-state index contributed by atoms with van der Waals surface area (Å²) in [7, 11) is 1.63. The maximum Gasteiger partial charge on any atom is 0.218 e. The SMILES string of the molecule is COc1nc2ccccc2cc1CNCC(C)(O)CSC. The summed E-state index contributed by atoms with van der Waals surface area (Å²) >= 11 is 1.64. The van der Waals surface area contributed by atoms with Crippen molar-refractivity contribution in [1.82, 2.24) is 10.3 Å². The van der Waals surface area contributed by atoms with E-state index in [1.807, 2.05) is 37.4 Å². The van der Waals surface area contributed by atoms with Crippen LogP contribution in [0.2, 0.25) is 0 Å². The third-order valence-corrected chi connectivity index (χ3v) is 4.14. The van der Waals surface area contributed by atoms with E-state index in [4.69, 9.17) is 4.74 Å². The first-order valence-electron chi connectivity index (χ1n) is 6.90. The summed E-state index contributed by atoms with van der Waals surface area (Å²) in [6, 6.07) is 10.0. The molecule has 2 N–H and O–H groups in total. The minimum Gasteiger partial charge on any atom is -0.481 e. The molecular formula is C16H22N2O2S. The topological polar surface area (TPSA) is 54.4 Å². The molecule has 0 spiro atoms. The fourth-order valence-corrected chi connectivity index (χ4v) is 3.00. The van der Waals surface area contributed by atoms with E-state index in [2.05, 4.69) is 16.4 Å². The van der Waals surface area contributed by atoms with Crippen molar-refractivity contribution in [3.8, 4) is 5.88 Å². The lowest BCUT2D eigenvalue weighted by molar-refractivity contribution is 0.0845. The van der Waals surface area contributed by atoms with Crippen LogP contribution >= 0.6 is 11.8 Å². The van der Waals surface area contributed by atoms with Crippen LogP contribution in [0.5, 0.6) is 5.88 Å². The van der Waals surface area contributed by atoms with Crippen molar-refractivity contribution in [2.24, 2.45) is 0 Å². The van der Waals surface area contributed by atoms with Gasteiger partial charge in [0.25, 0.3) is 0 Å². The van der Waals surface area contributed by atoms with Crippen molar-refractivity contribution in [3.63, 3.8) is 0 Å². The standard InChI is InChI=1S/C16H22N2O2S/c1-16(19,11-21-3)10-17-9-13-8-12-6-4-5-7-14(12)18-15(13)20-2/h4-8,17,19H,9-11H2,1-3H3. The Bertz CT molecular complexity index is 602. The van der Waals surface area contributed by atoms with Crippen LogP contribution in [0.25, 0.3) is 10.9 Å². The lowest BCUT2D eigenvalue weighted by Gasteiger charge is -2.22. The van der Waals surface area contributed by atoms with Gasteiger partial charge in [0.05, 0.1) is 18.2 Å². The van der Waals surface area contributed by atoms with Gasteiger partial charge in [-0.3, -0.25) is 0 Å². The van der Waals surface area contributed by atoms with Gasteiger partial charge in [-0.2, -0.15) is 11.8 Å². The number of aliphatic hydroxyl groups is 1. The van der Waals surface area contributed by atoms with Crippen LogP contribution in [0.1, 0.15) is 12.5 Å². The van der Waals surface area contributed by atoms with Gasteiger partial charge in [0.1, 0.15) is 0 Å². The molecule has 1 heterocycles. The molecule has 0 aliphatic heterocycles. The lowest BCUT2D eigenvalue weighted by atomic mass is 10.1. The van der Waals surface area contributed by atoms with Gasteiger partial charge in [-0.05, 0) is 25.3 Å². The molecule has 1 atom stereocenters. The van der Waals surface area contributed by atoms with E-state index in [-0.39, 0.29) is 0 Å². The molecule has 0 amide bonds. The molecule has 114 valence electrons. The molecule has 4 nitrogen and oxygen atoms in total. The van der Waals surface area contributed by atoms with Crippen LogP contribution < -0.4 is 10.1 Å². The normalized spacial score (nSPS) is 14.1. The number of pyridine rings is 1. The lowest BCUT2D eigenvalue weighted by Crippen LogP contribution is -2.39. The summed E-state index contributed by atoms with van der Waals surface area (Å²) in [4.78, 5) is 4.52. The number of benzene rings is 1. The van der Waals surface area contributed by atoms with Gasteiger partial charge in [0, 0.05) is 29.8 Å². The second-order valence-corrected chi connectivity index (χ2v) is 6.25. The molecule has 0 saturated carbocycles. The Morgan fingerprint density at radius 2 is 2.14 bits per heavy atom. The number of fused-ring (bicyclic) bond motifs is 1. The minimum absolute atomic E-state index is 0.532. The molecule has 0 bridgehead atoms. The van der Waals surface area contributed by atoms with Gasteiger partial charge >= 0.3 is 0 Å². The zero-order valence-electron chi connectivity index (χ0n) is 12.7. The number of nitrogens with one attached hydrogen (secondary N) is 1. The number of methoxy groups -OCH3 is 1. The van der Waals surface area contributed by atoms with Crippen molar-refractivity contribution in [2.75, 3.05) is 25.7 Å². The van der Waals surface area contributed by atoms with Crippen molar-refractivity contribution < 1.29 is 9.84 Å². The van der Waals surface area contributed by atoms with E-state index in [1.165, 1.54) is 0 Å². The third-order valence-electron chi connectivity index (χ3n) is 3.23. The van der Waals surface area contributed by atoms with Crippen molar-refractivity contribution in [2.45, 2.75) is 19.1 Å². The van der Waals surface area contributed by atoms with Crippen LogP contribution in [-0.4, -0.2) is 41.4 Å². The van der Waals surface area contributed by atoms with Gasteiger partial charge in [-0.15, -0.1) is 0 Å². The highest BCUT2D eigenvalue weighted by atomic mass is 32.2. The smallest absolute Gasteiger partial charge is 0.218 e. The summed E-state index contributed by atoms with van der Waals surface area (Å²) < 4.78 is 5.37. The zero-order valence-corrected chi connectivity index (χ0v) is 13.5. The molecule has 0 aliphatic carbocycles. The van der Waals surface area contributed by atoms with Crippen LogP contribution in [0.15, 0.2) is 30.3 Å². The van der Waals surface area contributed by atoms with Crippen molar-refractivity contribution in [1.29, 1.82) is 0 Å². The minimum atomic E-state index is -0.711. The number of ether oxygens (including phenoxy) is 1. The zero-order chi connectivity index (χ0) is 15.3. The molecular weight excluding hydrogens is 284 g/mol. The van der Waals surface area contributed by atoms with E-state index in [0.29, 0.717) is 24.7 Å². The molecule has 2 rings (SSSR count). The van der Waals surface area contributed by atoms with E-state index in [1.54, 1.807) is 18.9 Å². The van der Waals surface area contributed by atoms with Crippen LogP contribution in [0.3, 0.4) is 0 Å². The highest BCUT2D eigenvalue weighted by Gasteiger charge is 2.19. The molecule has 0 radical (unpaired) electrons. The molecule has 1 aromatic heterocycles. The Hall–Kier alpha value is -1.30. The number of hydrogen-bond acceptors (Lipinski definition) is 5. The van der Waals surface area contributed by atoms with Gasteiger partial charge in [-0.1, -0.05) is 18.2 Å². The second kappa shape index (κ2) is 7.11. The molecule has 0 saturated heterocycles. The Labute approximate surface area is 129 Å². The Morgan fingerprint density at radius 3 is 2.86 bits per heavy atom. The molecule has 5 heteroatoms. The number of aromatic nitrogens is 1. The number of thioether (sulfide) groups is 1. The molecule has 2 aromatic rings. The van der Waals surface area contributed by atoms with Crippen LogP contribution in [0, 0.1) is 0 Å². The van der Waals surface area contributed by atoms with E-state index < -0.39 is 5.60 Å². The van der Waals surface area contributed by atoms with E-state index >= 15 is 0 Å². The van der Waals surface area contributed by atoms with Gasteiger partial charge in [-0.25, -0.2) is 4.98 Å². The number of rotatable bonds is 7. The highest BCUT2D eigenvalue weighted by molar-refractivity contribution is 7.98. The summed E-state index contributed by atoms with van der Waals surface area (Å²) in [5.41, 5.74) is 1.21. The summed E-state index contributed by atoms with van der Waals surface area (Å²) in [6.45, 7) is 2.99. The van der Waals surface area contributed by atoms with Crippen molar-refractivity contribution >= 4 is 22.7 Å². The molecule has 1 unspecified atom stereocenters. The average Bonchev–Trinajstić information content (AvgIpc) is 2.46. The first-order valence-corrected chi connectivity index (χ1v) is 8.30. The average molecular weight is 306 g/mol. The number of para-hydroxylation sites is 1. The molecule has 21 heavy (non-hydrogen) atoms. The Morgan fingerprint density at radius 1 is 1.38 bits per heavy atom. The summed E-state index contributed by atoms with van der Waals surface area (Å²) in [5, 5.41) is 14.5. The maximum absolute atomic E-state index is 10.2. The van der Waals surface area contributed by atoms with Gasteiger partial charge in [0.15, 0.2) is 0 Å². The fraction of sp³-hybridized carbons (Fsp3) is 0.438. The summed E-state index contributed by atoms with van der Waals surface area (Å²) in [5.74, 6) is 1.33. The summed E-state index contributed by atoms with van der Waals surface area (Å²) in [6.07, 6.45) is 1.99. The van der Waals surface area contributed by atoms with Crippen LogP contribution in [0.4, 0.5) is 0 Å². The quantitative estimate of drug-likeness (QED) is 0.823.